The molecule has 2 N–H and O–H groups in total. The van der Waals surface area contributed by atoms with Gasteiger partial charge >= 0.3 is 0 Å². The van der Waals surface area contributed by atoms with Crippen LogP contribution < -0.4 is 5.32 Å². The van der Waals surface area contributed by atoms with Crippen molar-refractivity contribution in [2.45, 2.75) is 25.9 Å². The van der Waals surface area contributed by atoms with Gasteiger partial charge in [0.2, 0.25) is 5.91 Å². The molecule has 2 heterocycles. The first-order valence-corrected chi connectivity index (χ1v) is 11.0. The molecule has 2 aromatic heterocycles. The van der Waals surface area contributed by atoms with Crippen LogP contribution in [0.25, 0.3) is 21.8 Å². The molecule has 0 aliphatic carbocycles. The summed E-state index contributed by atoms with van der Waals surface area (Å²) in [5.74, 6) is 0.752. The number of nitrogens with zero attached hydrogens (tertiary/aromatic N) is 2. The highest BCUT2D eigenvalue weighted by molar-refractivity contribution is 7.71. The van der Waals surface area contributed by atoms with E-state index in [1.807, 2.05) is 47.2 Å². The Morgan fingerprint density at radius 1 is 1.10 bits per heavy atom. The lowest BCUT2D eigenvalue weighted by Crippen LogP contribution is -2.27. The van der Waals surface area contributed by atoms with Crippen LogP contribution >= 0.6 is 23.6 Å². The van der Waals surface area contributed by atoms with Crippen LogP contribution in [0.2, 0.25) is 0 Å². The van der Waals surface area contributed by atoms with Gasteiger partial charge in [0, 0.05) is 13.0 Å². The summed E-state index contributed by atoms with van der Waals surface area (Å²) in [7, 11) is 0. The largest absolute Gasteiger partial charge is 0.350 e. The Bertz CT molecular complexity index is 1160. The van der Waals surface area contributed by atoms with Gasteiger partial charge in [0.05, 0.1) is 10.9 Å². The van der Waals surface area contributed by atoms with Crippen molar-refractivity contribution in [3.05, 3.63) is 82.4 Å². The molecule has 0 bridgehead atoms. The van der Waals surface area contributed by atoms with Crippen molar-refractivity contribution in [2.24, 2.45) is 0 Å². The van der Waals surface area contributed by atoms with E-state index in [9.17, 15) is 4.79 Å². The van der Waals surface area contributed by atoms with Crippen LogP contribution in [-0.4, -0.2) is 20.7 Å². The fourth-order valence-corrected chi connectivity index (χ4v) is 4.27. The van der Waals surface area contributed by atoms with E-state index in [4.69, 9.17) is 12.2 Å². The van der Waals surface area contributed by atoms with Crippen molar-refractivity contribution in [3.63, 3.8) is 0 Å². The number of rotatable bonds is 7. The summed E-state index contributed by atoms with van der Waals surface area (Å²) in [6, 6.07) is 22.4. The Hall–Kier alpha value is -3.03. The molecule has 1 unspecified atom stereocenters. The molecule has 5 nitrogen and oxygen atoms in total. The van der Waals surface area contributed by atoms with E-state index in [1.165, 1.54) is 5.56 Å². The Labute approximate surface area is 184 Å². The molecule has 0 radical (unpaired) electrons. The van der Waals surface area contributed by atoms with Gasteiger partial charge in [-0.25, -0.2) is 0 Å². The highest BCUT2D eigenvalue weighted by Gasteiger charge is 2.13. The standard InChI is InChI=1S/C23H22N4OS2/c1-16(17-9-11-19(12-10-17)18-6-3-2-4-7-18)24-21(28)13-14-27-22(25-26-23(27)29)20-8-5-15-30-20/h2-12,15-16H,13-14H2,1H3,(H,24,28)(H,26,29). The molecule has 2 aromatic carbocycles. The summed E-state index contributed by atoms with van der Waals surface area (Å²) in [4.78, 5) is 13.6. The molecule has 0 aliphatic heterocycles. The van der Waals surface area contributed by atoms with Gasteiger partial charge in [0.1, 0.15) is 0 Å². The number of hydrogen-bond acceptors (Lipinski definition) is 4. The van der Waals surface area contributed by atoms with Crippen LogP contribution in [0.15, 0.2) is 72.1 Å². The lowest BCUT2D eigenvalue weighted by atomic mass is 10.0. The SMILES string of the molecule is CC(NC(=O)CCn1c(-c2cccs2)n[nH]c1=S)c1ccc(-c2ccccc2)cc1. The van der Waals surface area contributed by atoms with Gasteiger partial charge < -0.3 is 5.32 Å². The van der Waals surface area contributed by atoms with E-state index >= 15 is 0 Å². The number of amides is 1. The van der Waals surface area contributed by atoms with Gasteiger partial charge in [-0.1, -0.05) is 60.7 Å². The highest BCUT2D eigenvalue weighted by atomic mass is 32.1. The molecule has 152 valence electrons. The summed E-state index contributed by atoms with van der Waals surface area (Å²) >= 11 is 6.93. The van der Waals surface area contributed by atoms with Gasteiger partial charge in [0.25, 0.3) is 0 Å². The zero-order valence-electron chi connectivity index (χ0n) is 16.5. The third kappa shape index (κ3) is 4.58. The summed E-state index contributed by atoms with van der Waals surface area (Å²) in [5.41, 5.74) is 3.41. The smallest absolute Gasteiger partial charge is 0.222 e. The first-order valence-electron chi connectivity index (χ1n) is 9.75. The van der Waals surface area contributed by atoms with E-state index < -0.39 is 0 Å². The van der Waals surface area contributed by atoms with E-state index in [0.717, 1.165) is 21.8 Å². The maximum Gasteiger partial charge on any atom is 0.222 e. The molecule has 0 fully saturated rings. The van der Waals surface area contributed by atoms with Gasteiger partial charge in [-0.05, 0) is 47.3 Å². The van der Waals surface area contributed by atoms with Crippen LogP contribution in [0.3, 0.4) is 0 Å². The number of carbonyl (C=O) groups is 1. The summed E-state index contributed by atoms with van der Waals surface area (Å²) in [5, 5.41) is 12.2. The number of hydrogen-bond donors (Lipinski definition) is 2. The molecule has 7 heteroatoms. The number of aromatic nitrogens is 3. The second-order valence-electron chi connectivity index (χ2n) is 7.01. The summed E-state index contributed by atoms with van der Waals surface area (Å²) < 4.78 is 2.40. The Morgan fingerprint density at radius 2 is 1.83 bits per heavy atom. The molecule has 1 atom stereocenters. The van der Waals surface area contributed by atoms with E-state index in [0.29, 0.717) is 17.7 Å². The molecule has 4 rings (SSSR count). The molecular weight excluding hydrogens is 412 g/mol. The summed E-state index contributed by atoms with van der Waals surface area (Å²) in [6.07, 6.45) is 0.332. The van der Waals surface area contributed by atoms with Gasteiger partial charge in [-0.2, -0.15) is 5.10 Å². The number of carbonyl (C=O) groups excluding carboxylic acids is 1. The van der Waals surface area contributed by atoms with Crippen LogP contribution in [0.1, 0.15) is 24.9 Å². The predicted octanol–water partition coefficient (Wildman–Crippen LogP) is 5.60. The van der Waals surface area contributed by atoms with E-state index in [-0.39, 0.29) is 11.9 Å². The lowest BCUT2D eigenvalue weighted by Gasteiger charge is -2.15. The fourth-order valence-electron chi connectivity index (χ4n) is 3.32. The maximum atomic E-state index is 12.5. The normalized spacial score (nSPS) is 11.9. The molecular formula is C23H22N4OS2. The summed E-state index contributed by atoms with van der Waals surface area (Å²) in [6.45, 7) is 2.48. The van der Waals surface area contributed by atoms with E-state index in [1.54, 1.807) is 11.3 Å². The first kappa shape index (κ1) is 20.3. The van der Waals surface area contributed by atoms with Crippen molar-refractivity contribution in [2.75, 3.05) is 0 Å². The number of benzene rings is 2. The number of aromatic amines is 1. The van der Waals surface area contributed by atoms with E-state index in [2.05, 4.69) is 51.9 Å². The number of thiophene rings is 1. The predicted molar refractivity (Wildman–Crippen MR) is 124 cm³/mol. The highest BCUT2D eigenvalue weighted by Crippen LogP contribution is 2.24. The third-order valence-corrected chi connectivity index (χ3v) is 6.14. The second-order valence-corrected chi connectivity index (χ2v) is 8.34. The molecule has 0 saturated carbocycles. The molecule has 4 aromatic rings. The topological polar surface area (TPSA) is 62.7 Å². The zero-order valence-corrected chi connectivity index (χ0v) is 18.2. The van der Waals surface area contributed by atoms with Gasteiger partial charge in [0.15, 0.2) is 10.6 Å². The first-order chi connectivity index (χ1) is 14.6. The van der Waals surface area contributed by atoms with Gasteiger partial charge in [-0.15, -0.1) is 11.3 Å². The van der Waals surface area contributed by atoms with Crippen LogP contribution in [0, 0.1) is 4.77 Å². The average Bonchev–Trinajstić information content (AvgIpc) is 3.42. The minimum atomic E-state index is -0.0728. The average molecular weight is 435 g/mol. The van der Waals surface area contributed by atoms with Gasteiger partial charge in [-0.3, -0.25) is 14.5 Å². The van der Waals surface area contributed by atoms with Crippen LogP contribution in [0.5, 0.6) is 0 Å². The molecule has 0 aliphatic rings. The van der Waals surface area contributed by atoms with Crippen molar-refractivity contribution in [1.29, 1.82) is 0 Å². The third-order valence-electron chi connectivity index (χ3n) is 4.96. The quantitative estimate of drug-likeness (QED) is 0.372. The maximum absolute atomic E-state index is 12.5. The van der Waals surface area contributed by atoms with Crippen molar-refractivity contribution >= 4 is 29.5 Å². The fraction of sp³-hybridized carbons (Fsp3) is 0.174. The van der Waals surface area contributed by atoms with Crippen LogP contribution in [0.4, 0.5) is 0 Å². The monoisotopic (exact) mass is 434 g/mol. The van der Waals surface area contributed by atoms with Crippen molar-refractivity contribution in [1.82, 2.24) is 20.1 Å². The molecule has 30 heavy (non-hydrogen) atoms. The zero-order chi connectivity index (χ0) is 20.9. The molecule has 0 saturated heterocycles. The second kappa shape index (κ2) is 9.19. The Morgan fingerprint density at radius 3 is 2.53 bits per heavy atom. The van der Waals surface area contributed by atoms with Crippen molar-refractivity contribution < 1.29 is 4.79 Å². The number of nitrogens with one attached hydrogen (secondary N) is 2. The lowest BCUT2D eigenvalue weighted by molar-refractivity contribution is -0.121. The Kier molecular flexibility index (Phi) is 6.21. The number of H-pyrrole nitrogens is 1. The Balaban J connectivity index is 1.37. The van der Waals surface area contributed by atoms with Crippen LogP contribution in [-0.2, 0) is 11.3 Å². The minimum Gasteiger partial charge on any atom is -0.350 e. The molecule has 0 spiro atoms. The van der Waals surface area contributed by atoms with Crippen molar-refractivity contribution in [3.8, 4) is 21.8 Å². The molecule has 1 amide bonds. The minimum absolute atomic E-state index is 0.0186.